The topological polar surface area (TPSA) is 29.9 Å². The molecule has 1 aromatic heterocycles. The number of hydrogen-bond donors (Lipinski definition) is 1. The molecule has 2 aliphatic rings. The number of aromatic nitrogens is 2. The summed E-state index contributed by atoms with van der Waals surface area (Å²) in [6, 6.07) is 0. The van der Waals surface area contributed by atoms with Crippen molar-refractivity contribution in [3.63, 3.8) is 0 Å². The van der Waals surface area contributed by atoms with Crippen molar-refractivity contribution in [1.82, 2.24) is 15.1 Å². The smallest absolute Gasteiger partial charge is 0.0534 e. The monoisotopic (exact) mass is 233 g/mol. The van der Waals surface area contributed by atoms with Gasteiger partial charge in [-0.25, -0.2) is 0 Å². The molecule has 1 N–H and O–H groups in total. The van der Waals surface area contributed by atoms with Crippen molar-refractivity contribution in [2.24, 2.45) is 17.8 Å². The van der Waals surface area contributed by atoms with Crippen LogP contribution < -0.4 is 5.32 Å². The lowest BCUT2D eigenvalue weighted by Crippen LogP contribution is -2.29. The normalized spacial score (nSPS) is 31.2. The highest BCUT2D eigenvalue weighted by atomic mass is 15.3. The highest BCUT2D eigenvalue weighted by Gasteiger charge is 2.38. The summed E-state index contributed by atoms with van der Waals surface area (Å²) in [6.45, 7) is 5.36. The van der Waals surface area contributed by atoms with Gasteiger partial charge in [0, 0.05) is 12.7 Å². The van der Waals surface area contributed by atoms with Crippen molar-refractivity contribution in [1.29, 1.82) is 0 Å². The van der Waals surface area contributed by atoms with E-state index in [1.165, 1.54) is 37.8 Å². The fourth-order valence-electron chi connectivity index (χ4n) is 3.70. The molecule has 2 saturated carbocycles. The van der Waals surface area contributed by atoms with Gasteiger partial charge >= 0.3 is 0 Å². The van der Waals surface area contributed by atoms with E-state index in [0.717, 1.165) is 30.8 Å². The van der Waals surface area contributed by atoms with E-state index < -0.39 is 0 Å². The molecule has 0 spiro atoms. The van der Waals surface area contributed by atoms with Gasteiger partial charge in [0.1, 0.15) is 0 Å². The van der Waals surface area contributed by atoms with Crippen LogP contribution in [0.25, 0.3) is 0 Å². The summed E-state index contributed by atoms with van der Waals surface area (Å²) in [7, 11) is 0. The summed E-state index contributed by atoms with van der Waals surface area (Å²) in [5.41, 5.74) is 1.25. The summed E-state index contributed by atoms with van der Waals surface area (Å²) >= 11 is 0. The molecule has 2 bridgehead atoms. The summed E-state index contributed by atoms with van der Waals surface area (Å²) in [5.74, 6) is 3.08. The third kappa shape index (κ3) is 2.54. The molecule has 3 nitrogen and oxygen atoms in total. The van der Waals surface area contributed by atoms with Crippen LogP contribution in [0, 0.1) is 24.7 Å². The Hall–Kier alpha value is -0.830. The van der Waals surface area contributed by atoms with Gasteiger partial charge in [-0.15, -0.1) is 0 Å². The zero-order valence-corrected chi connectivity index (χ0v) is 10.7. The Kier molecular flexibility index (Phi) is 3.19. The van der Waals surface area contributed by atoms with E-state index in [2.05, 4.69) is 23.5 Å². The van der Waals surface area contributed by atoms with Crippen LogP contribution >= 0.6 is 0 Å². The van der Waals surface area contributed by atoms with E-state index in [1.807, 2.05) is 10.9 Å². The average Bonchev–Trinajstić information content (AvgIpc) is 3.00. The van der Waals surface area contributed by atoms with Gasteiger partial charge in [-0.3, -0.25) is 4.68 Å². The fraction of sp³-hybridized carbons (Fsp3) is 0.786. The first-order valence-electron chi connectivity index (χ1n) is 7.01. The molecule has 3 rings (SSSR count). The van der Waals surface area contributed by atoms with E-state index in [0.29, 0.717) is 0 Å². The Morgan fingerprint density at radius 3 is 3.00 bits per heavy atom. The van der Waals surface area contributed by atoms with Gasteiger partial charge in [0.15, 0.2) is 0 Å². The molecule has 3 unspecified atom stereocenters. The van der Waals surface area contributed by atoms with E-state index in [4.69, 9.17) is 0 Å². The molecule has 1 heterocycles. The molecule has 2 aliphatic carbocycles. The highest BCUT2D eigenvalue weighted by Crippen LogP contribution is 2.47. The summed E-state index contributed by atoms with van der Waals surface area (Å²) in [5, 5.41) is 7.91. The van der Waals surface area contributed by atoms with E-state index >= 15 is 0 Å². The van der Waals surface area contributed by atoms with E-state index in [9.17, 15) is 0 Å². The van der Waals surface area contributed by atoms with Gasteiger partial charge in [-0.2, -0.15) is 5.10 Å². The molecule has 3 heteroatoms. The molecule has 1 aromatic rings. The standard InChI is InChI=1S/C14H23N3/c1-11-8-16-17(10-11)5-4-15-9-14-7-12-2-3-13(14)6-12/h8,10,12-15H,2-7,9H2,1H3. The molecule has 2 fully saturated rings. The molecular formula is C14H23N3. The van der Waals surface area contributed by atoms with Crippen molar-refractivity contribution in [3.05, 3.63) is 18.0 Å². The van der Waals surface area contributed by atoms with Crippen molar-refractivity contribution < 1.29 is 0 Å². The Morgan fingerprint density at radius 1 is 1.41 bits per heavy atom. The van der Waals surface area contributed by atoms with E-state index in [1.54, 1.807) is 0 Å². The van der Waals surface area contributed by atoms with Crippen LogP contribution in [0.2, 0.25) is 0 Å². The number of fused-ring (bicyclic) bond motifs is 2. The lowest BCUT2D eigenvalue weighted by Gasteiger charge is -2.21. The van der Waals surface area contributed by atoms with Gasteiger partial charge in [0.25, 0.3) is 0 Å². The minimum atomic E-state index is 0.966. The van der Waals surface area contributed by atoms with Gasteiger partial charge < -0.3 is 5.32 Å². The molecule has 3 atom stereocenters. The Balaban J connectivity index is 1.36. The third-order valence-electron chi connectivity index (χ3n) is 4.57. The van der Waals surface area contributed by atoms with Crippen LogP contribution in [0.15, 0.2) is 12.4 Å². The minimum Gasteiger partial charge on any atom is -0.315 e. The zero-order valence-electron chi connectivity index (χ0n) is 10.7. The summed E-state index contributed by atoms with van der Waals surface area (Å²) < 4.78 is 2.03. The Bertz CT molecular complexity index is 371. The highest BCUT2D eigenvalue weighted by molar-refractivity contribution is 4.99. The molecule has 0 amide bonds. The molecule has 0 radical (unpaired) electrons. The minimum absolute atomic E-state index is 0.966. The predicted octanol–water partition coefficient (Wildman–Crippen LogP) is 2.22. The molecule has 0 aromatic carbocycles. The van der Waals surface area contributed by atoms with Crippen LogP contribution in [0.5, 0.6) is 0 Å². The molecule has 0 saturated heterocycles. The van der Waals surface area contributed by atoms with Crippen molar-refractivity contribution in [3.8, 4) is 0 Å². The van der Waals surface area contributed by atoms with Crippen molar-refractivity contribution in [2.45, 2.75) is 39.2 Å². The van der Waals surface area contributed by atoms with E-state index in [-0.39, 0.29) is 0 Å². The predicted molar refractivity (Wildman–Crippen MR) is 68.8 cm³/mol. The maximum Gasteiger partial charge on any atom is 0.0534 e. The number of nitrogens with zero attached hydrogens (tertiary/aromatic N) is 2. The van der Waals surface area contributed by atoms with Gasteiger partial charge in [-0.1, -0.05) is 6.42 Å². The first-order valence-corrected chi connectivity index (χ1v) is 7.01. The molecule has 94 valence electrons. The molecular weight excluding hydrogens is 210 g/mol. The largest absolute Gasteiger partial charge is 0.315 e. The third-order valence-corrected chi connectivity index (χ3v) is 4.57. The lowest BCUT2D eigenvalue weighted by atomic mass is 9.89. The Morgan fingerprint density at radius 2 is 2.35 bits per heavy atom. The number of nitrogens with one attached hydrogen (secondary N) is 1. The lowest BCUT2D eigenvalue weighted by molar-refractivity contribution is 0.317. The first kappa shape index (κ1) is 11.3. The zero-order chi connectivity index (χ0) is 11.7. The van der Waals surface area contributed by atoms with Crippen LogP contribution in [-0.2, 0) is 6.54 Å². The van der Waals surface area contributed by atoms with Crippen LogP contribution in [0.1, 0.15) is 31.2 Å². The quantitative estimate of drug-likeness (QED) is 0.790. The van der Waals surface area contributed by atoms with Gasteiger partial charge in [0.2, 0.25) is 0 Å². The number of hydrogen-bond acceptors (Lipinski definition) is 2. The first-order chi connectivity index (χ1) is 8.31. The SMILES string of the molecule is Cc1cnn(CCNCC2CC3CCC2C3)c1. The van der Waals surface area contributed by atoms with Crippen molar-refractivity contribution >= 4 is 0 Å². The number of aryl methyl sites for hydroxylation is 1. The van der Waals surface area contributed by atoms with Gasteiger partial charge in [-0.05, 0) is 56.0 Å². The average molecular weight is 233 g/mol. The van der Waals surface area contributed by atoms with Crippen LogP contribution in [0.3, 0.4) is 0 Å². The van der Waals surface area contributed by atoms with Crippen LogP contribution in [-0.4, -0.2) is 22.9 Å². The fourth-order valence-corrected chi connectivity index (χ4v) is 3.70. The second-order valence-electron chi connectivity index (χ2n) is 5.92. The van der Waals surface area contributed by atoms with Crippen molar-refractivity contribution in [2.75, 3.05) is 13.1 Å². The second kappa shape index (κ2) is 4.81. The summed E-state index contributed by atoms with van der Waals surface area (Å²) in [4.78, 5) is 0. The van der Waals surface area contributed by atoms with Crippen LogP contribution in [0.4, 0.5) is 0 Å². The maximum absolute atomic E-state index is 4.30. The molecule has 17 heavy (non-hydrogen) atoms. The number of rotatable bonds is 5. The summed E-state index contributed by atoms with van der Waals surface area (Å²) in [6.07, 6.45) is 10.0. The Labute approximate surface area is 104 Å². The molecule has 0 aliphatic heterocycles. The van der Waals surface area contributed by atoms with Gasteiger partial charge in [0.05, 0.1) is 12.7 Å². The second-order valence-corrected chi connectivity index (χ2v) is 5.92. The maximum atomic E-state index is 4.30.